The number of hydrogen-bond acceptors (Lipinski definition) is 4. The number of nitrogens with zero attached hydrogens (tertiary/aromatic N) is 1. The number of likely N-dealkylation sites (tertiary alicyclic amines) is 1. The Hall–Kier alpha value is -2.28. The van der Waals surface area contributed by atoms with Crippen LogP contribution in [0.2, 0.25) is 0 Å². The van der Waals surface area contributed by atoms with E-state index >= 15 is 0 Å². The van der Waals surface area contributed by atoms with Gasteiger partial charge in [-0.25, -0.2) is 4.79 Å². The molecule has 1 aromatic carbocycles. The van der Waals surface area contributed by atoms with Gasteiger partial charge < -0.3 is 20.7 Å². The van der Waals surface area contributed by atoms with Crippen molar-refractivity contribution in [2.45, 2.75) is 57.0 Å². The van der Waals surface area contributed by atoms with Crippen LogP contribution in [0.1, 0.15) is 56.6 Å². The molecule has 2 unspecified atom stereocenters. The number of benzene rings is 1. The van der Waals surface area contributed by atoms with Crippen molar-refractivity contribution in [1.29, 1.82) is 0 Å². The van der Waals surface area contributed by atoms with Crippen LogP contribution in [0.25, 0.3) is 0 Å². The van der Waals surface area contributed by atoms with Crippen molar-refractivity contribution in [1.82, 2.24) is 20.9 Å². The number of carbonyl (C=O) groups excluding carboxylic acids is 2. The zero-order chi connectivity index (χ0) is 21.3. The van der Waals surface area contributed by atoms with Crippen LogP contribution in [0.15, 0.2) is 24.3 Å². The minimum absolute atomic E-state index is 0.00825. The number of nitrogens with one attached hydrogen (secondary N) is 3. The van der Waals surface area contributed by atoms with Gasteiger partial charge in [-0.15, -0.1) is 0 Å². The number of ether oxygens (including phenoxy) is 1. The molecule has 1 aliphatic heterocycles. The number of urea groups is 1. The van der Waals surface area contributed by atoms with Gasteiger partial charge in [0, 0.05) is 18.6 Å². The Labute approximate surface area is 179 Å². The fourth-order valence-electron chi connectivity index (χ4n) is 4.75. The van der Waals surface area contributed by atoms with Crippen molar-refractivity contribution in [2.75, 3.05) is 33.8 Å². The van der Waals surface area contributed by atoms with Gasteiger partial charge in [0.05, 0.1) is 13.7 Å². The molecule has 166 valence electrons. The van der Waals surface area contributed by atoms with E-state index < -0.39 is 0 Å². The summed E-state index contributed by atoms with van der Waals surface area (Å²) in [7, 11) is 3.81. The summed E-state index contributed by atoms with van der Waals surface area (Å²) in [5, 5.41) is 8.69. The quantitative estimate of drug-likeness (QED) is 0.638. The van der Waals surface area contributed by atoms with E-state index in [4.69, 9.17) is 4.74 Å². The third-order valence-electron chi connectivity index (χ3n) is 6.38. The Bertz CT molecular complexity index is 688. The summed E-state index contributed by atoms with van der Waals surface area (Å²) in [5.41, 5.74) is 1.24. The Kier molecular flexibility index (Phi) is 8.37. The SMILES string of the molecule is COc1ccc(C2C(CNC(=O)CNC(=O)NC3CCCCC3)CCCN2C)cc1. The Morgan fingerprint density at radius 3 is 2.47 bits per heavy atom. The number of amides is 3. The minimum Gasteiger partial charge on any atom is -0.497 e. The van der Waals surface area contributed by atoms with Gasteiger partial charge in [-0.2, -0.15) is 0 Å². The molecular formula is C23H36N4O3. The van der Waals surface area contributed by atoms with Crippen LogP contribution in [0.4, 0.5) is 4.79 Å². The van der Waals surface area contributed by atoms with E-state index in [1.807, 2.05) is 12.1 Å². The molecule has 0 radical (unpaired) electrons. The second-order valence-electron chi connectivity index (χ2n) is 8.57. The first kappa shape index (κ1) is 22.4. The highest BCUT2D eigenvalue weighted by molar-refractivity contribution is 5.83. The van der Waals surface area contributed by atoms with Crippen LogP contribution in [0.5, 0.6) is 5.75 Å². The normalized spacial score (nSPS) is 22.9. The molecule has 3 rings (SSSR count). The predicted molar refractivity (Wildman–Crippen MR) is 118 cm³/mol. The second kappa shape index (κ2) is 11.2. The Balaban J connectivity index is 1.46. The van der Waals surface area contributed by atoms with Crippen molar-refractivity contribution >= 4 is 11.9 Å². The highest BCUT2D eigenvalue weighted by Crippen LogP contribution is 2.35. The molecule has 3 N–H and O–H groups in total. The van der Waals surface area contributed by atoms with Gasteiger partial charge in [-0.05, 0) is 62.9 Å². The van der Waals surface area contributed by atoms with Gasteiger partial charge in [0.2, 0.25) is 5.91 Å². The van der Waals surface area contributed by atoms with Crippen LogP contribution in [-0.2, 0) is 4.79 Å². The standard InChI is InChI=1S/C23H36N4O3/c1-27-14-6-7-18(22(27)17-10-12-20(30-2)13-11-17)15-24-21(28)16-25-23(29)26-19-8-4-3-5-9-19/h10-13,18-19,22H,3-9,14-16H2,1-2H3,(H,24,28)(H2,25,26,29). The number of methoxy groups -OCH3 is 1. The van der Waals surface area contributed by atoms with E-state index in [0.29, 0.717) is 12.5 Å². The molecule has 0 bridgehead atoms. The fourth-order valence-corrected chi connectivity index (χ4v) is 4.75. The van der Waals surface area contributed by atoms with Crippen molar-refractivity contribution in [3.8, 4) is 5.75 Å². The summed E-state index contributed by atoms with van der Waals surface area (Å²) in [6.07, 6.45) is 7.81. The lowest BCUT2D eigenvalue weighted by Crippen LogP contribution is -2.47. The average Bonchev–Trinajstić information content (AvgIpc) is 2.77. The molecule has 1 aliphatic carbocycles. The van der Waals surface area contributed by atoms with Gasteiger partial charge in [-0.3, -0.25) is 9.69 Å². The van der Waals surface area contributed by atoms with E-state index in [1.165, 1.54) is 12.0 Å². The molecule has 1 heterocycles. The van der Waals surface area contributed by atoms with Crippen LogP contribution >= 0.6 is 0 Å². The van der Waals surface area contributed by atoms with Gasteiger partial charge in [0.25, 0.3) is 0 Å². The lowest BCUT2D eigenvalue weighted by atomic mass is 9.85. The molecule has 0 spiro atoms. The molecule has 1 saturated carbocycles. The van der Waals surface area contributed by atoms with Crippen LogP contribution < -0.4 is 20.7 Å². The summed E-state index contributed by atoms with van der Waals surface area (Å²) in [6.45, 7) is 1.66. The predicted octanol–water partition coefficient (Wildman–Crippen LogP) is 2.83. The number of hydrogen-bond donors (Lipinski definition) is 3. The van der Waals surface area contributed by atoms with E-state index in [-0.39, 0.29) is 30.6 Å². The lowest BCUT2D eigenvalue weighted by molar-refractivity contribution is -0.120. The number of carbonyl (C=O) groups is 2. The highest BCUT2D eigenvalue weighted by atomic mass is 16.5. The first-order chi connectivity index (χ1) is 14.6. The molecule has 30 heavy (non-hydrogen) atoms. The van der Waals surface area contributed by atoms with Gasteiger partial charge >= 0.3 is 6.03 Å². The first-order valence-corrected chi connectivity index (χ1v) is 11.2. The smallest absolute Gasteiger partial charge is 0.315 e. The molecular weight excluding hydrogens is 380 g/mol. The number of piperidine rings is 1. The molecule has 1 aromatic rings. The van der Waals surface area contributed by atoms with E-state index in [0.717, 1.165) is 50.8 Å². The van der Waals surface area contributed by atoms with Crippen LogP contribution in [-0.4, -0.2) is 56.7 Å². The highest BCUT2D eigenvalue weighted by Gasteiger charge is 2.30. The van der Waals surface area contributed by atoms with Crippen LogP contribution in [0, 0.1) is 5.92 Å². The van der Waals surface area contributed by atoms with E-state index in [9.17, 15) is 9.59 Å². The molecule has 3 amide bonds. The molecule has 2 atom stereocenters. The van der Waals surface area contributed by atoms with Crippen molar-refractivity contribution in [3.63, 3.8) is 0 Å². The largest absolute Gasteiger partial charge is 0.497 e. The molecule has 2 aliphatic rings. The molecule has 7 heteroatoms. The average molecular weight is 417 g/mol. The molecule has 1 saturated heterocycles. The Morgan fingerprint density at radius 1 is 1.03 bits per heavy atom. The minimum atomic E-state index is -0.245. The maximum Gasteiger partial charge on any atom is 0.315 e. The van der Waals surface area contributed by atoms with Gasteiger partial charge in [0.15, 0.2) is 0 Å². The summed E-state index contributed by atoms with van der Waals surface area (Å²) in [4.78, 5) is 26.7. The summed E-state index contributed by atoms with van der Waals surface area (Å²) < 4.78 is 5.27. The summed E-state index contributed by atoms with van der Waals surface area (Å²) in [6, 6.07) is 8.45. The maximum absolute atomic E-state index is 12.3. The van der Waals surface area contributed by atoms with E-state index in [2.05, 4.69) is 40.0 Å². The molecule has 7 nitrogen and oxygen atoms in total. The zero-order valence-corrected chi connectivity index (χ0v) is 18.3. The monoisotopic (exact) mass is 416 g/mol. The second-order valence-corrected chi connectivity index (χ2v) is 8.57. The van der Waals surface area contributed by atoms with Crippen molar-refractivity contribution in [3.05, 3.63) is 29.8 Å². The van der Waals surface area contributed by atoms with Crippen LogP contribution in [0.3, 0.4) is 0 Å². The van der Waals surface area contributed by atoms with Gasteiger partial charge in [-0.1, -0.05) is 31.4 Å². The van der Waals surface area contributed by atoms with Gasteiger partial charge in [0.1, 0.15) is 5.75 Å². The maximum atomic E-state index is 12.3. The zero-order valence-electron chi connectivity index (χ0n) is 18.3. The Morgan fingerprint density at radius 2 is 1.77 bits per heavy atom. The summed E-state index contributed by atoms with van der Waals surface area (Å²) >= 11 is 0. The van der Waals surface area contributed by atoms with E-state index in [1.54, 1.807) is 7.11 Å². The third-order valence-corrected chi connectivity index (χ3v) is 6.38. The summed E-state index contributed by atoms with van der Waals surface area (Å²) in [5.74, 6) is 1.03. The first-order valence-electron chi connectivity index (χ1n) is 11.2. The fraction of sp³-hybridized carbons (Fsp3) is 0.652. The topological polar surface area (TPSA) is 82.7 Å². The number of rotatable bonds is 7. The van der Waals surface area contributed by atoms with Crippen molar-refractivity contribution in [2.24, 2.45) is 5.92 Å². The molecule has 2 fully saturated rings. The lowest BCUT2D eigenvalue weighted by Gasteiger charge is -2.39. The molecule has 0 aromatic heterocycles. The third kappa shape index (κ3) is 6.36. The van der Waals surface area contributed by atoms with Crippen molar-refractivity contribution < 1.29 is 14.3 Å².